The van der Waals surface area contributed by atoms with Gasteiger partial charge in [-0.1, -0.05) is 20.4 Å². The Morgan fingerprint density at radius 2 is 2.25 bits per heavy atom. The van der Waals surface area contributed by atoms with E-state index in [1.807, 2.05) is 0 Å². The van der Waals surface area contributed by atoms with Crippen LogP contribution in [0.4, 0.5) is 0 Å². The minimum absolute atomic E-state index is 0.0399. The van der Waals surface area contributed by atoms with Gasteiger partial charge in [0.1, 0.15) is 0 Å². The minimum atomic E-state index is 0.0399. The van der Waals surface area contributed by atoms with Gasteiger partial charge in [0, 0.05) is 17.7 Å². The topological polar surface area (TPSA) is 35.2 Å². The van der Waals surface area contributed by atoms with Gasteiger partial charge in [0.25, 0.3) is 0 Å². The lowest BCUT2D eigenvalue weighted by atomic mass is 9.71. The molecular formula is C10H19NO. The summed E-state index contributed by atoms with van der Waals surface area (Å²) in [5.74, 6) is 0.523. The Balaban J connectivity index is 2.77. The number of ether oxygens (including phenoxy) is 1. The highest BCUT2D eigenvalue weighted by Gasteiger charge is 2.37. The maximum Gasteiger partial charge on any atom is 0.0579 e. The first kappa shape index (κ1) is 9.59. The predicted octanol–water partition coefficient (Wildman–Crippen LogP) is 1.91. The van der Waals surface area contributed by atoms with Crippen LogP contribution < -0.4 is 5.73 Å². The van der Waals surface area contributed by atoms with Gasteiger partial charge in [0.05, 0.1) is 6.61 Å². The van der Waals surface area contributed by atoms with Crippen molar-refractivity contribution in [2.24, 2.45) is 17.1 Å². The molecule has 0 aromatic heterocycles. The van der Waals surface area contributed by atoms with Crippen molar-refractivity contribution in [3.05, 3.63) is 12.3 Å². The zero-order chi connectivity index (χ0) is 9.19. The molecule has 2 heteroatoms. The lowest BCUT2D eigenvalue weighted by Crippen LogP contribution is -2.40. The number of hydrogen-bond acceptors (Lipinski definition) is 2. The van der Waals surface area contributed by atoms with Crippen LogP contribution in [0, 0.1) is 11.3 Å². The molecule has 0 aromatic carbocycles. The monoisotopic (exact) mass is 169 g/mol. The van der Waals surface area contributed by atoms with Gasteiger partial charge in [-0.25, -0.2) is 0 Å². The smallest absolute Gasteiger partial charge is 0.0579 e. The third kappa shape index (κ3) is 1.48. The first-order valence-electron chi connectivity index (χ1n) is 4.62. The molecular weight excluding hydrogens is 150 g/mol. The van der Waals surface area contributed by atoms with Crippen molar-refractivity contribution in [1.82, 2.24) is 0 Å². The van der Waals surface area contributed by atoms with E-state index in [1.165, 1.54) is 0 Å². The van der Waals surface area contributed by atoms with Gasteiger partial charge in [0.2, 0.25) is 0 Å². The van der Waals surface area contributed by atoms with Gasteiger partial charge >= 0.3 is 0 Å². The van der Waals surface area contributed by atoms with E-state index >= 15 is 0 Å². The van der Waals surface area contributed by atoms with Crippen molar-refractivity contribution in [2.75, 3.05) is 13.2 Å². The average Bonchev–Trinajstić information content (AvgIpc) is 2.05. The average molecular weight is 169 g/mol. The van der Waals surface area contributed by atoms with Crippen LogP contribution in [0.3, 0.4) is 0 Å². The van der Waals surface area contributed by atoms with Crippen LogP contribution in [-0.4, -0.2) is 13.2 Å². The number of nitrogens with two attached hydrogens (primary N) is 1. The van der Waals surface area contributed by atoms with Crippen LogP contribution in [-0.2, 0) is 4.74 Å². The minimum Gasteiger partial charge on any atom is -0.402 e. The summed E-state index contributed by atoms with van der Waals surface area (Å²) in [6, 6.07) is 0. The van der Waals surface area contributed by atoms with E-state index < -0.39 is 0 Å². The molecule has 0 saturated carbocycles. The SMILES string of the molecule is C=C(N)C1(C(C)C)CCCOC1. The highest BCUT2D eigenvalue weighted by atomic mass is 16.5. The van der Waals surface area contributed by atoms with Crippen molar-refractivity contribution in [3.63, 3.8) is 0 Å². The summed E-state index contributed by atoms with van der Waals surface area (Å²) < 4.78 is 5.47. The fraction of sp³-hybridized carbons (Fsp3) is 0.800. The molecule has 1 unspecified atom stereocenters. The maximum absolute atomic E-state index is 5.83. The third-order valence-corrected chi connectivity index (χ3v) is 3.02. The van der Waals surface area contributed by atoms with Crippen molar-refractivity contribution >= 4 is 0 Å². The van der Waals surface area contributed by atoms with Gasteiger partial charge in [-0.2, -0.15) is 0 Å². The van der Waals surface area contributed by atoms with E-state index in [2.05, 4.69) is 20.4 Å². The van der Waals surface area contributed by atoms with Crippen LogP contribution in [0.15, 0.2) is 12.3 Å². The molecule has 2 nitrogen and oxygen atoms in total. The quantitative estimate of drug-likeness (QED) is 0.685. The lowest BCUT2D eigenvalue weighted by molar-refractivity contribution is -0.0123. The van der Waals surface area contributed by atoms with Crippen molar-refractivity contribution in [1.29, 1.82) is 0 Å². The molecule has 1 atom stereocenters. The summed E-state index contributed by atoms with van der Waals surface area (Å²) in [4.78, 5) is 0. The zero-order valence-corrected chi connectivity index (χ0v) is 8.10. The second kappa shape index (κ2) is 3.48. The molecule has 0 aromatic rings. The molecule has 1 aliphatic heterocycles. The van der Waals surface area contributed by atoms with E-state index in [0.717, 1.165) is 31.8 Å². The summed E-state index contributed by atoms with van der Waals surface area (Å²) in [5, 5.41) is 0. The van der Waals surface area contributed by atoms with E-state index in [9.17, 15) is 0 Å². The van der Waals surface area contributed by atoms with E-state index in [0.29, 0.717) is 5.92 Å². The summed E-state index contributed by atoms with van der Waals surface area (Å²) in [6.07, 6.45) is 2.23. The van der Waals surface area contributed by atoms with Crippen molar-refractivity contribution in [3.8, 4) is 0 Å². The van der Waals surface area contributed by atoms with Gasteiger partial charge in [-0.15, -0.1) is 0 Å². The Morgan fingerprint density at radius 3 is 2.50 bits per heavy atom. The molecule has 0 radical (unpaired) electrons. The molecule has 1 saturated heterocycles. The normalized spacial score (nSPS) is 30.6. The molecule has 1 aliphatic rings. The van der Waals surface area contributed by atoms with Crippen molar-refractivity contribution < 1.29 is 4.74 Å². The van der Waals surface area contributed by atoms with Crippen molar-refractivity contribution in [2.45, 2.75) is 26.7 Å². The molecule has 12 heavy (non-hydrogen) atoms. The molecule has 0 bridgehead atoms. The first-order valence-corrected chi connectivity index (χ1v) is 4.62. The zero-order valence-electron chi connectivity index (χ0n) is 8.10. The third-order valence-electron chi connectivity index (χ3n) is 3.02. The predicted molar refractivity (Wildman–Crippen MR) is 50.7 cm³/mol. The molecule has 70 valence electrons. The Morgan fingerprint density at radius 1 is 1.58 bits per heavy atom. The standard InChI is InChI=1S/C10H19NO/c1-8(2)10(9(3)11)5-4-6-12-7-10/h8H,3-7,11H2,1-2H3. The molecule has 1 fully saturated rings. The first-order chi connectivity index (χ1) is 5.59. The van der Waals surface area contributed by atoms with Gasteiger partial charge in [-0.05, 0) is 18.8 Å². The van der Waals surface area contributed by atoms with E-state index in [1.54, 1.807) is 0 Å². The largest absolute Gasteiger partial charge is 0.402 e. The second-order valence-corrected chi connectivity index (χ2v) is 3.99. The second-order valence-electron chi connectivity index (χ2n) is 3.99. The van der Waals surface area contributed by atoms with Crippen LogP contribution >= 0.6 is 0 Å². The van der Waals surface area contributed by atoms with Crippen LogP contribution in [0.25, 0.3) is 0 Å². The highest BCUT2D eigenvalue weighted by Crippen LogP contribution is 2.39. The number of hydrogen-bond donors (Lipinski definition) is 1. The van der Waals surface area contributed by atoms with Crippen LogP contribution in [0.5, 0.6) is 0 Å². The van der Waals surface area contributed by atoms with Gasteiger partial charge in [-0.3, -0.25) is 0 Å². The highest BCUT2D eigenvalue weighted by molar-refractivity contribution is 5.09. The Bertz CT molecular complexity index is 169. The molecule has 0 amide bonds. The van der Waals surface area contributed by atoms with E-state index in [-0.39, 0.29) is 5.41 Å². The van der Waals surface area contributed by atoms with Crippen LogP contribution in [0.1, 0.15) is 26.7 Å². The molecule has 0 aliphatic carbocycles. The Labute approximate surface area is 74.8 Å². The molecule has 2 N–H and O–H groups in total. The molecule has 1 rings (SSSR count). The molecule has 1 heterocycles. The van der Waals surface area contributed by atoms with Gasteiger partial charge in [0.15, 0.2) is 0 Å². The Hall–Kier alpha value is -0.500. The summed E-state index contributed by atoms with van der Waals surface area (Å²) in [5.41, 5.74) is 6.66. The summed E-state index contributed by atoms with van der Waals surface area (Å²) in [6.45, 7) is 9.87. The fourth-order valence-corrected chi connectivity index (χ4v) is 1.90. The van der Waals surface area contributed by atoms with E-state index in [4.69, 9.17) is 10.5 Å². The fourth-order valence-electron chi connectivity index (χ4n) is 1.90. The maximum atomic E-state index is 5.83. The Kier molecular flexibility index (Phi) is 2.78. The summed E-state index contributed by atoms with van der Waals surface area (Å²) in [7, 11) is 0. The lowest BCUT2D eigenvalue weighted by Gasteiger charge is -2.40. The van der Waals surface area contributed by atoms with Crippen LogP contribution in [0.2, 0.25) is 0 Å². The molecule has 0 spiro atoms. The summed E-state index contributed by atoms with van der Waals surface area (Å²) >= 11 is 0. The van der Waals surface area contributed by atoms with Gasteiger partial charge < -0.3 is 10.5 Å². The number of rotatable bonds is 2.